The Kier molecular flexibility index (Phi) is 5.12. The summed E-state index contributed by atoms with van der Waals surface area (Å²) in [6.07, 6.45) is 0. The molecule has 0 saturated heterocycles. The molecule has 0 bridgehead atoms. The van der Waals surface area contributed by atoms with Gasteiger partial charge in [-0.05, 0) is 36.6 Å². The monoisotopic (exact) mass is 371 g/mol. The molecular formula is C20H22FN3O3. The van der Waals surface area contributed by atoms with Crippen molar-refractivity contribution < 1.29 is 18.4 Å². The molecule has 6 nitrogen and oxygen atoms in total. The van der Waals surface area contributed by atoms with Crippen molar-refractivity contribution in [2.45, 2.75) is 33.2 Å². The van der Waals surface area contributed by atoms with E-state index in [1.165, 1.54) is 18.1 Å². The van der Waals surface area contributed by atoms with Crippen LogP contribution in [0.1, 0.15) is 47.1 Å². The largest absolute Gasteiger partial charge is 0.494 e. The van der Waals surface area contributed by atoms with E-state index in [1.807, 2.05) is 13.8 Å². The number of hydrogen-bond acceptors (Lipinski definition) is 5. The van der Waals surface area contributed by atoms with E-state index in [0.29, 0.717) is 27.9 Å². The second kappa shape index (κ2) is 7.34. The normalized spacial score (nSPS) is 11.2. The molecule has 3 aromatic rings. The summed E-state index contributed by atoms with van der Waals surface area (Å²) in [6.45, 7) is 6.02. The quantitative estimate of drug-likeness (QED) is 0.676. The molecule has 0 fully saturated rings. The first-order valence-electron chi connectivity index (χ1n) is 8.66. The van der Waals surface area contributed by atoms with Crippen LogP contribution >= 0.6 is 0 Å². The third kappa shape index (κ3) is 3.63. The van der Waals surface area contributed by atoms with Crippen molar-refractivity contribution in [3.8, 4) is 5.75 Å². The number of carbonyl (C=O) groups is 1. The van der Waals surface area contributed by atoms with Crippen molar-refractivity contribution in [1.29, 1.82) is 0 Å². The van der Waals surface area contributed by atoms with Crippen molar-refractivity contribution in [3.05, 3.63) is 52.6 Å². The summed E-state index contributed by atoms with van der Waals surface area (Å²) < 4.78 is 24.1. The molecule has 142 valence electrons. The number of amides is 1. The number of benzene rings is 1. The summed E-state index contributed by atoms with van der Waals surface area (Å²) in [4.78, 5) is 19.1. The number of methoxy groups -OCH3 is 1. The van der Waals surface area contributed by atoms with Gasteiger partial charge >= 0.3 is 0 Å². The minimum Gasteiger partial charge on any atom is -0.494 e. The van der Waals surface area contributed by atoms with Crippen LogP contribution in [-0.4, -0.2) is 35.1 Å². The van der Waals surface area contributed by atoms with Crippen LogP contribution in [0.5, 0.6) is 5.75 Å². The highest BCUT2D eigenvalue weighted by Crippen LogP contribution is 2.26. The third-order valence-corrected chi connectivity index (χ3v) is 4.44. The molecule has 0 atom stereocenters. The Morgan fingerprint density at radius 3 is 2.70 bits per heavy atom. The van der Waals surface area contributed by atoms with Crippen LogP contribution < -0.4 is 4.74 Å². The van der Waals surface area contributed by atoms with Crippen molar-refractivity contribution in [2.24, 2.45) is 0 Å². The van der Waals surface area contributed by atoms with Crippen LogP contribution in [0.2, 0.25) is 0 Å². The van der Waals surface area contributed by atoms with E-state index in [0.717, 1.165) is 5.69 Å². The maximum Gasteiger partial charge on any atom is 0.259 e. The second-order valence-corrected chi connectivity index (χ2v) is 6.83. The number of halogens is 1. The van der Waals surface area contributed by atoms with E-state index in [4.69, 9.17) is 9.26 Å². The van der Waals surface area contributed by atoms with Gasteiger partial charge in [-0.2, -0.15) is 0 Å². The Bertz CT molecular complexity index is 998. The molecule has 2 heterocycles. The predicted molar refractivity (Wildman–Crippen MR) is 99.4 cm³/mol. The number of aromatic nitrogens is 2. The highest BCUT2D eigenvalue weighted by atomic mass is 19.1. The van der Waals surface area contributed by atoms with E-state index < -0.39 is 5.82 Å². The number of ether oxygens (including phenoxy) is 1. The Hall–Kier alpha value is -2.96. The van der Waals surface area contributed by atoms with Crippen LogP contribution in [0, 0.1) is 12.7 Å². The topological polar surface area (TPSA) is 68.5 Å². The van der Waals surface area contributed by atoms with Crippen molar-refractivity contribution in [3.63, 3.8) is 0 Å². The number of pyridine rings is 1. The molecule has 0 aliphatic rings. The lowest BCUT2D eigenvalue weighted by Crippen LogP contribution is -2.26. The van der Waals surface area contributed by atoms with Crippen LogP contribution in [0.15, 0.2) is 28.8 Å². The van der Waals surface area contributed by atoms with Gasteiger partial charge in [-0.15, -0.1) is 0 Å². The molecule has 0 aliphatic carbocycles. The first-order valence-corrected chi connectivity index (χ1v) is 8.66. The Morgan fingerprint density at radius 1 is 1.33 bits per heavy atom. The predicted octanol–water partition coefficient (Wildman–Crippen LogP) is 4.07. The second-order valence-electron chi connectivity index (χ2n) is 6.83. The van der Waals surface area contributed by atoms with E-state index in [-0.39, 0.29) is 24.1 Å². The fourth-order valence-electron chi connectivity index (χ4n) is 2.94. The Labute approximate surface area is 156 Å². The van der Waals surface area contributed by atoms with Crippen LogP contribution in [0.25, 0.3) is 11.1 Å². The SMILES string of the molecule is COc1ccc(CN(C)C(=O)c2cc(C(C)C)nc3onc(C)c23)cc1F. The standard InChI is InChI=1S/C20H22FN3O3/c1-11(2)16-9-14(18-12(3)23-27-19(18)22-16)20(25)24(4)10-13-6-7-17(26-5)15(21)8-13/h6-9,11H,10H2,1-5H3. The average Bonchev–Trinajstić information content (AvgIpc) is 3.01. The van der Waals surface area contributed by atoms with Gasteiger partial charge in [-0.3, -0.25) is 4.79 Å². The summed E-state index contributed by atoms with van der Waals surface area (Å²) in [5, 5.41) is 4.55. The molecule has 1 amide bonds. The molecule has 3 rings (SSSR count). The van der Waals surface area contributed by atoms with Gasteiger partial charge in [0.05, 0.1) is 23.8 Å². The molecule has 0 spiro atoms. The maximum absolute atomic E-state index is 13.9. The highest BCUT2D eigenvalue weighted by Gasteiger charge is 2.22. The fraction of sp³-hybridized carbons (Fsp3) is 0.350. The molecule has 7 heteroatoms. The minimum absolute atomic E-state index is 0.132. The van der Waals surface area contributed by atoms with E-state index in [9.17, 15) is 9.18 Å². The molecule has 0 N–H and O–H groups in total. The van der Waals surface area contributed by atoms with Crippen LogP contribution in [0.3, 0.4) is 0 Å². The van der Waals surface area contributed by atoms with Gasteiger partial charge in [0.1, 0.15) is 0 Å². The average molecular weight is 371 g/mol. The van der Waals surface area contributed by atoms with Gasteiger partial charge in [0.15, 0.2) is 11.6 Å². The van der Waals surface area contributed by atoms with Gasteiger partial charge in [0, 0.05) is 19.3 Å². The zero-order chi connectivity index (χ0) is 19.7. The van der Waals surface area contributed by atoms with Crippen molar-refractivity contribution in [1.82, 2.24) is 15.0 Å². The number of rotatable bonds is 5. The summed E-state index contributed by atoms with van der Waals surface area (Å²) >= 11 is 0. The van der Waals surface area contributed by atoms with Crippen LogP contribution in [-0.2, 0) is 6.54 Å². The summed E-state index contributed by atoms with van der Waals surface area (Å²) in [5.74, 6) is -0.358. The third-order valence-electron chi connectivity index (χ3n) is 4.44. The molecule has 0 saturated carbocycles. The number of fused-ring (bicyclic) bond motifs is 1. The van der Waals surface area contributed by atoms with E-state index in [2.05, 4.69) is 10.1 Å². The summed E-state index contributed by atoms with van der Waals surface area (Å²) in [7, 11) is 3.09. The zero-order valence-electron chi connectivity index (χ0n) is 16.0. The first kappa shape index (κ1) is 18.8. The van der Waals surface area contributed by atoms with E-state index in [1.54, 1.807) is 32.2 Å². The summed E-state index contributed by atoms with van der Waals surface area (Å²) in [6, 6.07) is 6.44. The number of hydrogen-bond donors (Lipinski definition) is 0. The number of nitrogens with zero attached hydrogens (tertiary/aromatic N) is 3. The van der Waals surface area contributed by atoms with Crippen molar-refractivity contribution >= 4 is 17.0 Å². The lowest BCUT2D eigenvalue weighted by atomic mass is 10.0. The maximum atomic E-state index is 13.9. The molecular weight excluding hydrogens is 349 g/mol. The fourth-order valence-corrected chi connectivity index (χ4v) is 2.94. The van der Waals surface area contributed by atoms with Gasteiger partial charge in [0.25, 0.3) is 11.6 Å². The molecule has 27 heavy (non-hydrogen) atoms. The van der Waals surface area contributed by atoms with Crippen molar-refractivity contribution in [2.75, 3.05) is 14.2 Å². The zero-order valence-corrected chi connectivity index (χ0v) is 16.0. The smallest absolute Gasteiger partial charge is 0.259 e. The highest BCUT2D eigenvalue weighted by molar-refractivity contribution is 6.05. The summed E-state index contributed by atoms with van der Waals surface area (Å²) in [5.41, 5.74) is 2.87. The van der Waals surface area contributed by atoms with E-state index >= 15 is 0 Å². The number of carbonyl (C=O) groups excluding carboxylic acids is 1. The first-order chi connectivity index (χ1) is 12.8. The van der Waals surface area contributed by atoms with Gasteiger partial charge in [-0.25, -0.2) is 9.37 Å². The Balaban J connectivity index is 1.95. The molecule has 0 unspecified atom stereocenters. The lowest BCUT2D eigenvalue weighted by molar-refractivity contribution is 0.0786. The van der Waals surface area contributed by atoms with Gasteiger partial charge < -0.3 is 14.2 Å². The number of aryl methyl sites for hydroxylation is 1. The molecule has 1 aromatic carbocycles. The van der Waals surface area contributed by atoms with Gasteiger partial charge in [0.2, 0.25) is 0 Å². The van der Waals surface area contributed by atoms with Gasteiger partial charge in [-0.1, -0.05) is 25.1 Å². The van der Waals surface area contributed by atoms with Crippen LogP contribution in [0.4, 0.5) is 4.39 Å². The Morgan fingerprint density at radius 2 is 2.07 bits per heavy atom. The molecule has 2 aromatic heterocycles. The lowest BCUT2D eigenvalue weighted by Gasteiger charge is -2.19. The molecule has 0 aliphatic heterocycles. The minimum atomic E-state index is -0.459. The molecule has 0 radical (unpaired) electrons.